The van der Waals surface area contributed by atoms with E-state index in [2.05, 4.69) is 9.68 Å². The zero-order valence-corrected chi connectivity index (χ0v) is 3.88. The number of rotatable bonds is 0. The van der Waals surface area contributed by atoms with Crippen LogP contribution in [0.15, 0.2) is 10.8 Å². The third kappa shape index (κ3) is 0.559. The van der Waals surface area contributed by atoms with Gasteiger partial charge in [0.25, 0.3) is 0 Å². The molecule has 0 amide bonds. The van der Waals surface area contributed by atoms with Crippen molar-refractivity contribution in [1.82, 2.24) is 5.16 Å². The molecule has 7 heavy (non-hydrogen) atoms. The summed E-state index contributed by atoms with van der Waals surface area (Å²) in [6.07, 6.45) is 1.19. The molecule has 0 atom stereocenters. The SMILES string of the molecule is Cc1nocc1O. The van der Waals surface area contributed by atoms with Crippen molar-refractivity contribution in [3.63, 3.8) is 0 Å². The summed E-state index contributed by atoms with van der Waals surface area (Å²) < 4.78 is 4.34. The molecule has 0 saturated heterocycles. The summed E-state index contributed by atoms with van der Waals surface area (Å²) in [5.74, 6) is 0.111. The van der Waals surface area contributed by atoms with Crippen molar-refractivity contribution in [1.29, 1.82) is 0 Å². The first-order valence-corrected chi connectivity index (χ1v) is 1.90. The van der Waals surface area contributed by atoms with Gasteiger partial charge < -0.3 is 9.63 Å². The Morgan fingerprint density at radius 2 is 2.57 bits per heavy atom. The molecule has 1 N–H and O–H groups in total. The van der Waals surface area contributed by atoms with Crippen LogP contribution in [-0.2, 0) is 0 Å². The van der Waals surface area contributed by atoms with E-state index in [-0.39, 0.29) is 5.75 Å². The standard InChI is InChI=1S/C4H5NO2/c1-3-4(6)2-7-5-3/h2,6H,1H3. The molecule has 1 rings (SSSR count). The van der Waals surface area contributed by atoms with Gasteiger partial charge in [0, 0.05) is 0 Å². The lowest BCUT2D eigenvalue weighted by Crippen LogP contribution is -1.64. The maximum atomic E-state index is 8.60. The Balaban J connectivity index is 3.12. The molecule has 3 nitrogen and oxygen atoms in total. The van der Waals surface area contributed by atoms with Crippen LogP contribution in [0.4, 0.5) is 0 Å². The number of hydrogen-bond donors (Lipinski definition) is 1. The van der Waals surface area contributed by atoms with Crippen LogP contribution in [-0.4, -0.2) is 10.3 Å². The van der Waals surface area contributed by atoms with E-state index in [0.29, 0.717) is 5.69 Å². The molecule has 0 unspecified atom stereocenters. The van der Waals surface area contributed by atoms with Gasteiger partial charge >= 0.3 is 0 Å². The van der Waals surface area contributed by atoms with Gasteiger partial charge in [-0.1, -0.05) is 5.16 Å². The van der Waals surface area contributed by atoms with Gasteiger partial charge in [-0.05, 0) is 6.92 Å². The van der Waals surface area contributed by atoms with Crippen molar-refractivity contribution in [2.75, 3.05) is 0 Å². The van der Waals surface area contributed by atoms with E-state index in [0.717, 1.165) is 0 Å². The molecule has 3 heteroatoms. The summed E-state index contributed by atoms with van der Waals surface area (Å²) >= 11 is 0. The van der Waals surface area contributed by atoms with Crippen LogP contribution in [0.3, 0.4) is 0 Å². The van der Waals surface area contributed by atoms with E-state index in [1.807, 2.05) is 0 Å². The van der Waals surface area contributed by atoms with Gasteiger partial charge in [-0.15, -0.1) is 0 Å². The van der Waals surface area contributed by atoms with Gasteiger partial charge in [-0.2, -0.15) is 0 Å². The average molecular weight is 99.1 g/mol. The monoisotopic (exact) mass is 99.0 g/mol. The minimum absolute atomic E-state index is 0.111. The molecular weight excluding hydrogens is 94.0 g/mol. The van der Waals surface area contributed by atoms with Gasteiger partial charge in [-0.25, -0.2) is 0 Å². The summed E-state index contributed by atoms with van der Waals surface area (Å²) in [4.78, 5) is 0. The van der Waals surface area contributed by atoms with Crippen molar-refractivity contribution in [2.45, 2.75) is 6.92 Å². The lowest BCUT2D eigenvalue weighted by molar-refractivity contribution is 0.406. The Morgan fingerprint density at radius 3 is 2.71 bits per heavy atom. The maximum absolute atomic E-state index is 8.60. The molecule has 0 fully saturated rings. The number of nitrogens with zero attached hydrogens (tertiary/aromatic N) is 1. The molecule has 1 aromatic heterocycles. The highest BCUT2D eigenvalue weighted by Crippen LogP contribution is 2.10. The Kier molecular flexibility index (Phi) is 0.749. The fourth-order valence-electron chi connectivity index (χ4n) is 0.287. The molecule has 0 aliphatic rings. The second kappa shape index (κ2) is 1.26. The summed E-state index contributed by atoms with van der Waals surface area (Å²) in [7, 11) is 0. The van der Waals surface area contributed by atoms with Crippen LogP contribution in [0, 0.1) is 6.92 Å². The summed E-state index contributed by atoms with van der Waals surface area (Å²) in [6.45, 7) is 1.67. The molecule has 0 aromatic carbocycles. The number of aryl methyl sites for hydroxylation is 1. The van der Waals surface area contributed by atoms with Gasteiger partial charge in [0.05, 0.1) is 0 Å². The van der Waals surface area contributed by atoms with Gasteiger partial charge in [0.15, 0.2) is 12.0 Å². The second-order valence-corrected chi connectivity index (χ2v) is 1.29. The van der Waals surface area contributed by atoms with E-state index in [1.165, 1.54) is 6.26 Å². The molecule has 0 aliphatic carbocycles. The topological polar surface area (TPSA) is 46.3 Å². The van der Waals surface area contributed by atoms with Crippen LogP contribution < -0.4 is 0 Å². The molecular formula is C4H5NO2. The highest BCUT2D eigenvalue weighted by atomic mass is 16.5. The lowest BCUT2D eigenvalue weighted by Gasteiger charge is -1.74. The predicted molar refractivity (Wildman–Crippen MR) is 22.9 cm³/mol. The minimum atomic E-state index is 0.111. The highest BCUT2D eigenvalue weighted by molar-refractivity contribution is 5.17. The maximum Gasteiger partial charge on any atom is 0.178 e. The fourth-order valence-corrected chi connectivity index (χ4v) is 0.287. The van der Waals surface area contributed by atoms with Crippen molar-refractivity contribution in [2.24, 2.45) is 0 Å². The van der Waals surface area contributed by atoms with Crippen LogP contribution in [0.5, 0.6) is 5.75 Å². The normalized spacial score (nSPS) is 9.29. The molecule has 0 spiro atoms. The third-order valence-electron chi connectivity index (χ3n) is 0.725. The van der Waals surface area contributed by atoms with E-state index in [1.54, 1.807) is 6.92 Å². The molecule has 0 radical (unpaired) electrons. The second-order valence-electron chi connectivity index (χ2n) is 1.29. The summed E-state index contributed by atoms with van der Waals surface area (Å²) in [5, 5.41) is 12.0. The number of aromatic nitrogens is 1. The Bertz CT molecular complexity index is 142. The van der Waals surface area contributed by atoms with E-state index in [4.69, 9.17) is 5.11 Å². The van der Waals surface area contributed by atoms with Crippen LogP contribution in [0.1, 0.15) is 5.69 Å². The molecule has 0 saturated carbocycles. The molecule has 0 aliphatic heterocycles. The molecule has 38 valence electrons. The summed E-state index contributed by atoms with van der Waals surface area (Å²) in [5.41, 5.74) is 0.528. The fraction of sp³-hybridized carbons (Fsp3) is 0.250. The van der Waals surface area contributed by atoms with Crippen LogP contribution in [0.2, 0.25) is 0 Å². The van der Waals surface area contributed by atoms with Gasteiger partial charge in [0.1, 0.15) is 5.69 Å². The first-order chi connectivity index (χ1) is 3.30. The number of aromatic hydroxyl groups is 1. The van der Waals surface area contributed by atoms with Crippen LogP contribution >= 0.6 is 0 Å². The Labute approximate surface area is 40.6 Å². The minimum Gasteiger partial charge on any atom is -0.503 e. The Hall–Kier alpha value is -0.990. The number of hydrogen-bond acceptors (Lipinski definition) is 3. The lowest BCUT2D eigenvalue weighted by atomic mass is 10.5. The van der Waals surface area contributed by atoms with Gasteiger partial charge in [0.2, 0.25) is 0 Å². The zero-order chi connectivity index (χ0) is 5.28. The van der Waals surface area contributed by atoms with Crippen molar-refractivity contribution in [3.05, 3.63) is 12.0 Å². The zero-order valence-electron chi connectivity index (χ0n) is 3.88. The highest BCUT2D eigenvalue weighted by Gasteiger charge is 1.94. The van der Waals surface area contributed by atoms with Gasteiger partial charge in [-0.3, -0.25) is 0 Å². The molecule has 1 heterocycles. The molecule has 0 bridgehead atoms. The first-order valence-electron chi connectivity index (χ1n) is 1.90. The quantitative estimate of drug-likeness (QED) is 0.520. The largest absolute Gasteiger partial charge is 0.503 e. The Morgan fingerprint density at radius 1 is 1.86 bits per heavy atom. The van der Waals surface area contributed by atoms with E-state index in [9.17, 15) is 0 Å². The van der Waals surface area contributed by atoms with Crippen molar-refractivity contribution >= 4 is 0 Å². The predicted octanol–water partition coefficient (Wildman–Crippen LogP) is 0.689. The van der Waals surface area contributed by atoms with Crippen LogP contribution in [0.25, 0.3) is 0 Å². The van der Waals surface area contributed by atoms with E-state index < -0.39 is 0 Å². The van der Waals surface area contributed by atoms with E-state index >= 15 is 0 Å². The first kappa shape index (κ1) is 4.18. The van der Waals surface area contributed by atoms with Crippen molar-refractivity contribution < 1.29 is 9.63 Å². The summed E-state index contributed by atoms with van der Waals surface area (Å²) in [6, 6.07) is 0. The average Bonchev–Trinajstić information content (AvgIpc) is 1.91. The smallest absolute Gasteiger partial charge is 0.178 e. The van der Waals surface area contributed by atoms with Crippen molar-refractivity contribution in [3.8, 4) is 5.75 Å². The molecule has 1 aromatic rings. The third-order valence-corrected chi connectivity index (χ3v) is 0.725.